The highest BCUT2D eigenvalue weighted by Crippen LogP contribution is 2.54. The first kappa shape index (κ1) is 18.5. The van der Waals surface area contributed by atoms with E-state index in [1.54, 1.807) is 6.66 Å². The molecule has 0 spiro atoms. The minimum Gasteiger partial charge on any atom is -0.477 e. The summed E-state index contributed by atoms with van der Waals surface area (Å²) in [5.41, 5.74) is 0.558. The van der Waals surface area contributed by atoms with Gasteiger partial charge in [-0.3, -0.25) is 0 Å². The summed E-state index contributed by atoms with van der Waals surface area (Å²) in [6.07, 6.45) is 4.13. The van der Waals surface area contributed by atoms with E-state index in [0.717, 1.165) is 30.6 Å². The average Bonchev–Trinajstić information content (AvgIpc) is 2.82. The molecule has 130 valence electrons. The molecule has 1 fully saturated rings. The van der Waals surface area contributed by atoms with E-state index in [4.69, 9.17) is 0 Å². The van der Waals surface area contributed by atoms with Crippen LogP contribution in [0.4, 0.5) is 5.69 Å². The molecule has 1 unspecified atom stereocenters. The molecule has 0 aromatic carbocycles. The molecule has 1 atom stereocenters. The van der Waals surface area contributed by atoms with Crippen LogP contribution >= 0.6 is 18.6 Å². The fraction of sp³-hybridized carbons (Fsp3) is 0.706. The van der Waals surface area contributed by atoms with Gasteiger partial charge in [0.25, 0.3) is 0 Å². The minimum atomic E-state index is -2.63. The van der Waals surface area contributed by atoms with Crippen molar-refractivity contribution in [3.63, 3.8) is 0 Å². The first-order chi connectivity index (χ1) is 10.5. The number of hydrogen-bond donors (Lipinski definition) is 2. The van der Waals surface area contributed by atoms with Gasteiger partial charge in [0.2, 0.25) is 0 Å². The van der Waals surface area contributed by atoms with E-state index in [9.17, 15) is 14.5 Å². The SMILES string of the molecule is CC1CCC(P(C)(=O)Nc2cc(C(C)(C)C)sc2C(=O)O)CC1. The summed E-state index contributed by atoms with van der Waals surface area (Å²) in [7, 11) is -2.63. The van der Waals surface area contributed by atoms with Gasteiger partial charge in [0.15, 0.2) is 7.29 Å². The van der Waals surface area contributed by atoms with Gasteiger partial charge in [-0.1, -0.05) is 27.7 Å². The van der Waals surface area contributed by atoms with E-state index in [2.05, 4.69) is 32.8 Å². The van der Waals surface area contributed by atoms with Crippen LogP contribution in [0.1, 0.15) is 67.9 Å². The van der Waals surface area contributed by atoms with Gasteiger partial charge in [-0.25, -0.2) is 4.79 Å². The summed E-state index contributed by atoms with van der Waals surface area (Å²) in [6, 6.07) is 1.87. The monoisotopic (exact) mass is 357 g/mol. The zero-order valence-corrected chi connectivity index (χ0v) is 16.4. The fourth-order valence-corrected chi connectivity index (χ4v) is 6.27. The number of thiophene rings is 1. The molecule has 1 aliphatic rings. The van der Waals surface area contributed by atoms with Crippen LogP contribution in [0.3, 0.4) is 0 Å². The Labute approximate surface area is 143 Å². The molecule has 1 aromatic heterocycles. The maximum absolute atomic E-state index is 13.2. The maximum atomic E-state index is 13.2. The van der Waals surface area contributed by atoms with E-state index in [0.29, 0.717) is 11.6 Å². The molecule has 0 saturated heterocycles. The highest BCUT2D eigenvalue weighted by Gasteiger charge is 2.33. The molecule has 23 heavy (non-hydrogen) atoms. The lowest BCUT2D eigenvalue weighted by Gasteiger charge is -2.31. The molecule has 6 heteroatoms. The van der Waals surface area contributed by atoms with Crippen LogP contribution in [0.5, 0.6) is 0 Å². The highest BCUT2D eigenvalue weighted by atomic mass is 32.1. The number of carboxylic acid groups (broad SMARTS) is 1. The molecule has 1 aliphatic carbocycles. The number of anilines is 1. The van der Waals surface area contributed by atoms with Crippen LogP contribution in [-0.4, -0.2) is 23.4 Å². The van der Waals surface area contributed by atoms with E-state index in [1.165, 1.54) is 11.3 Å². The van der Waals surface area contributed by atoms with Crippen molar-refractivity contribution in [2.24, 2.45) is 5.92 Å². The van der Waals surface area contributed by atoms with Crippen molar-refractivity contribution < 1.29 is 14.5 Å². The first-order valence-electron chi connectivity index (χ1n) is 8.24. The van der Waals surface area contributed by atoms with Crippen LogP contribution in [0.25, 0.3) is 0 Å². The topological polar surface area (TPSA) is 66.4 Å². The molecular weight excluding hydrogens is 329 g/mol. The molecular formula is C17H28NO3PS. The van der Waals surface area contributed by atoms with E-state index >= 15 is 0 Å². The minimum absolute atomic E-state index is 0.118. The van der Waals surface area contributed by atoms with Crippen molar-refractivity contribution in [2.75, 3.05) is 11.8 Å². The molecule has 0 radical (unpaired) electrons. The number of rotatable bonds is 4. The Balaban J connectivity index is 2.26. The molecule has 0 bridgehead atoms. The summed E-state index contributed by atoms with van der Waals surface area (Å²) in [5, 5.41) is 12.6. The van der Waals surface area contributed by atoms with Crippen molar-refractivity contribution in [2.45, 2.75) is 64.5 Å². The molecule has 1 aromatic rings. The van der Waals surface area contributed by atoms with Crippen LogP contribution < -0.4 is 5.09 Å². The number of hydrogen-bond acceptors (Lipinski definition) is 3. The van der Waals surface area contributed by atoms with Gasteiger partial charge in [0.05, 0.1) is 5.69 Å². The molecule has 2 N–H and O–H groups in total. The standard InChI is InChI=1S/C17H28NO3PS/c1-11-6-8-12(9-7-11)22(5,21)18-13-10-14(17(2,3)4)23-15(13)16(19)20/h10-12H,6-9H2,1-5H3,(H,18,21)(H,19,20). The first-order valence-corrected chi connectivity index (χ1v) is 11.3. The van der Waals surface area contributed by atoms with Crippen molar-refractivity contribution in [1.29, 1.82) is 0 Å². The van der Waals surface area contributed by atoms with Gasteiger partial charge >= 0.3 is 5.97 Å². The van der Waals surface area contributed by atoms with Crippen molar-refractivity contribution >= 4 is 30.3 Å². The summed E-state index contributed by atoms with van der Waals surface area (Å²) in [4.78, 5) is 12.8. The smallest absolute Gasteiger partial charge is 0.348 e. The maximum Gasteiger partial charge on any atom is 0.348 e. The van der Waals surface area contributed by atoms with Gasteiger partial charge < -0.3 is 14.8 Å². The third-order valence-corrected chi connectivity index (χ3v) is 8.83. The molecule has 1 heterocycles. The third-order valence-electron chi connectivity index (χ3n) is 4.69. The predicted molar refractivity (Wildman–Crippen MR) is 98.6 cm³/mol. The quantitative estimate of drug-likeness (QED) is 0.684. The van der Waals surface area contributed by atoms with E-state index in [-0.39, 0.29) is 16.0 Å². The van der Waals surface area contributed by atoms with Crippen LogP contribution in [0.2, 0.25) is 0 Å². The summed E-state index contributed by atoms with van der Waals surface area (Å²) < 4.78 is 13.2. The molecule has 0 aliphatic heterocycles. The Bertz CT molecular complexity index is 624. The van der Waals surface area contributed by atoms with Gasteiger partial charge in [0, 0.05) is 17.2 Å². The van der Waals surface area contributed by atoms with Crippen molar-refractivity contribution in [3.8, 4) is 0 Å². The number of aromatic carboxylic acids is 1. The Morgan fingerprint density at radius 1 is 1.30 bits per heavy atom. The predicted octanol–water partition coefficient (Wildman–Crippen LogP) is 5.64. The van der Waals surface area contributed by atoms with Crippen LogP contribution in [0, 0.1) is 5.92 Å². The summed E-state index contributed by atoms with van der Waals surface area (Å²) >= 11 is 1.28. The molecule has 4 nitrogen and oxygen atoms in total. The van der Waals surface area contributed by atoms with Crippen LogP contribution in [-0.2, 0) is 9.98 Å². The van der Waals surface area contributed by atoms with Gasteiger partial charge in [-0.15, -0.1) is 11.3 Å². The van der Waals surface area contributed by atoms with E-state index < -0.39 is 13.3 Å². The molecule has 0 amide bonds. The Kier molecular flexibility index (Phi) is 5.32. The third kappa shape index (κ3) is 4.39. The molecule has 2 rings (SSSR count). The second-order valence-electron chi connectivity index (χ2n) is 7.92. The number of nitrogens with one attached hydrogen (secondary N) is 1. The Hall–Kier alpha value is -0.800. The van der Waals surface area contributed by atoms with Gasteiger partial charge in [0.1, 0.15) is 4.88 Å². The summed E-state index contributed by atoms with van der Waals surface area (Å²) in [5.74, 6) is -0.250. The van der Waals surface area contributed by atoms with E-state index in [1.807, 2.05) is 6.07 Å². The lowest BCUT2D eigenvalue weighted by Crippen LogP contribution is -2.20. The number of carboxylic acids is 1. The average molecular weight is 357 g/mol. The van der Waals surface area contributed by atoms with Gasteiger partial charge in [-0.05, 0) is 43.1 Å². The zero-order valence-electron chi connectivity index (χ0n) is 14.7. The van der Waals surface area contributed by atoms with Crippen LogP contribution in [0.15, 0.2) is 6.07 Å². The largest absolute Gasteiger partial charge is 0.477 e. The molecule has 1 saturated carbocycles. The second kappa shape index (κ2) is 6.60. The summed E-state index contributed by atoms with van der Waals surface area (Å²) in [6.45, 7) is 10.2. The fourth-order valence-electron chi connectivity index (χ4n) is 3.07. The number of carbonyl (C=O) groups is 1. The lowest BCUT2D eigenvalue weighted by atomic mass is 9.91. The Morgan fingerprint density at radius 3 is 2.35 bits per heavy atom. The van der Waals surface area contributed by atoms with Crippen molar-refractivity contribution in [3.05, 3.63) is 15.8 Å². The second-order valence-corrected chi connectivity index (χ2v) is 11.9. The highest BCUT2D eigenvalue weighted by molar-refractivity contribution is 7.65. The van der Waals surface area contributed by atoms with Crippen molar-refractivity contribution in [1.82, 2.24) is 0 Å². The lowest BCUT2D eigenvalue weighted by molar-refractivity contribution is 0.0703. The van der Waals surface area contributed by atoms with Gasteiger partial charge in [-0.2, -0.15) is 0 Å². The zero-order chi connectivity index (χ0) is 17.4. The normalized spacial score (nSPS) is 24.9. The Morgan fingerprint density at radius 2 is 1.87 bits per heavy atom.